The van der Waals surface area contributed by atoms with Gasteiger partial charge in [-0.25, -0.2) is 4.68 Å². The number of aryl methyl sites for hydroxylation is 1. The molecule has 1 N–H and O–H groups in total. The molecule has 1 unspecified atom stereocenters. The first kappa shape index (κ1) is 21.9. The topological polar surface area (TPSA) is 42.3 Å². The third-order valence-electron chi connectivity index (χ3n) is 6.08. The van der Waals surface area contributed by atoms with Gasteiger partial charge in [0.15, 0.2) is 0 Å². The molecule has 1 fully saturated rings. The van der Waals surface area contributed by atoms with Crippen molar-refractivity contribution in [2.45, 2.75) is 31.2 Å². The lowest BCUT2D eigenvalue weighted by molar-refractivity contribution is 0.110. The minimum Gasteiger partial charge on any atom is -0.382 e. The molecule has 1 atom stereocenters. The summed E-state index contributed by atoms with van der Waals surface area (Å²) in [7, 11) is 1.80. The van der Waals surface area contributed by atoms with Crippen molar-refractivity contribution in [2.24, 2.45) is 0 Å². The van der Waals surface area contributed by atoms with Crippen LogP contribution in [0.15, 0.2) is 66.9 Å². The molecule has 1 aliphatic heterocycles. The molecule has 0 amide bonds. The van der Waals surface area contributed by atoms with Gasteiger partial charge in [-0.3, -0.25) is 0 Å². The molecule has 0 aliphatic carbocycles. The summed E-state index contributed by atoms with van der Waals surface area (Å²) in [4.78, 5) is 2.51. The van der Waals surface area contributed by atoms with Gasteiger partial charge < -0.3 is 15.0 Å². The van der Waals surface area contributed by atoms with Gasteiger partial charge in [-0.15, -0.1) is 0 Å². The Morgan fingerprint density at radius 2 is 1.84 bits per heavy atom. The van der Waals surface area contributed by atoms with E-state index in [0.29, 0.717) is 6.61 Å². The second-order valence-corrected chi connectivity index (χ2v) is 8.69. The van der Waals surface area contributed by atoms with Crippen LogP contribution in [0, 0.1) is 0 Å². The summed E-state index contributed by atoms with van der Waals surface area (Å²) in [5.74, 6) is 0. The van der Waals surface area contributed by atoms with Gasteiger partial charge >= 0.3 is 0 Å². The molecule has 2 aromatic carbocycles. The van der Waals surface area contributed by atoms with E-state index in [4.69, 9.17) is 21.4 Å². The molecule has 1 aromatic heterocycles. The highest BCUT2D eigenvalue weighted by Gasteiger charge is 2.38. The van der Waals surface area contributed by atoms with Gasteiger partial charge in [0.25, 0.3) is 0 Å². The molecule has 4 rings (SSSR count). The fourth-order valence-electron chi connectivity index (χ4n) is 4.54. The van der Waals surface area contributed by atoms with Gasteiger partial charge in [0, 0.05) is 43.7 Å². The SMILES string of the molecule is COCC1(CCCCc2ccn(-c3ccccc3)n2)CNCCN1c1ccc(Cl)cc1. The lowest BCUT2D eigenvalue weighted by Crippen LogP contribution is -2.64. The maximum absolute atomic E-state index is 6.12. The number of nitrogens with zero attached hydrogens (tertiary/aromatic N) is 3. The Hall–Kier alpha value is -2.34. The van der Waals surface area contributed by atoms with E-state index in [9.17, 15) is 0 Å². The molecule has 0 radical (unpaired) electrons. The lowest BCUT2D eigenvalue weighted by Gasteiger charge is -2.49. The van der Waals surface area contributed by atoms with Crippen LogP contribution in [0.4, 0.5) is 5.69 Å². The predicted octanol–water partition coefficient (Wildman–Crippen LogP) is 4.73. The molecule has 31 heavy (non-hydrogen) atoms. The monoisotopic (exact) mass is 438 g/mol. The third-order valence-corrected chi connectivity index (χ3v) is 6.33. The summed E-state index contributed by atoms with van der Waals surface area (Å²) in [6.07, 6.45) is 6.32. The summed E-state index contributed by atoms with van der Waals surface area (Å²) in [6, 6.07) is 20.6. The number of hydrogen-bond donors (Lipinski definition) is 1. The van der Waals surface area contributed by atoms with Crippen LogP contribution in [-0.2, 0) is 11.2 Å². The first-order chi connectivity index (χ1) is 15.2. The van der Waals surface area contributed by atoms with E-state index in [1.807, 2.05) is 41.2 Å². The second kappa shape index (κ2) is 10.3. The standard InChI is InChI=1S/C25H31ClN4O/c1-31-20-25(19-27-16-18-29(25)23-12-10-21(26)11-13-23)15-6-5-7-22-14-17-30(28-22)24-8-3-2-4-9-24/h2-4,8-14,17,27H,5-7,15-16,18-20H2,1H3. The van der Waals surface area contributed by atoms with Crippen molar-refractivity contribution in [2.75, 3.05) is 38.3 Å². The van der Waals surface area contributed by atoms with Crippen LogP contribution in [0.1, 0.15) is 25.0 Å². The Kier molecular flexibility index (Phi) is 7.28. The number of hydrogen-bond acceptors (Lipinski definition) is 4. The van der Waals surface area contributed by atoms with E-state index in [1.54, 1.807) is 7.11 Å². The highest BCUT2D eigenvalue weighted by Crippen LogP contribution is 2.31. The molecule has 1 saturated heterocycles. The summed E-state index contributed by atoms with van der Waals surface area (Å²) in [6.45, 7) is 3.56. The summed E-state index contributed by atoms with van der Waals surface area (Å²) in [5.41, 5.74) is 3.40. The first-order valence-electron chi connectivity index (χ1n) is 11.0. The quantitative estimate of drug-likeness (QED) is 0.490. The number of anilines is 1. The minimum atomic E-state index is -0.0514. The summed E-state index contributed by atoms with van der Waals surface area (Å²) in [5, 5.41) is 9.10. The number of aromatic nitrogens is 2. The van der Waals surface area contributed by atoms with Gasteiger partial charge in [0.2, 0.25) is 0 Å². The number of piperazine rings is 1. The normalized spacial score (nSPS) is 19.0. The molecule has 5 nitrogen and oxygen atoms in total. The zero-order chi connectivity index (χ0) is 21.5. The maximum Gasteiger partial charge on any atom is 0.0759 e. The third kappa shape index (κ3) is 5.29. The molecule has 1 aliphatic rings. The lowest BCUT2D eigenvalue weighted by atomic mass is 9.88. The molecular formula is C25H31ClN4O. The van der Waals surface area contributed by atoms with Crippen molar-refractivity contribution in [1.82, 2.24) is 15.1 Å². The van der Waals surface area contributed by atoms with Crippen molar-refractivity contribution in [3.05, 3.63) is 77.6 Å². The van der Waals surface area contributed by atoms with Crippen LogP contribution in [-0.4, -0.2) is 48.7 Å². The van der Waals surface area contributed by atoms with Crippen molar-refractivity contribution >= 4 is 17.3 Å². The largest absolute Gasteiger partial charge is 0.382 e. The van der Waals surface area contributed by atoms with Crippen molar-refractivity contribution < 1.29 is 4.74 Å². The molecule has 3 aromatic rings. The Morgan fingerprint density at radius 3 is 2.61 bits per heavy atom. The number of rotatable bonds is 9. The maximum atomic E-state index is 6.12. The number of para-hydroxylation sites is 1. The molecule has 0 spiro atoms. The molecule has 2 heterocycles. The minimum absolute atomic E-state index is 0.0514. The van der Waals surface area contributed by atoms with Crippen LogP contribution in [0.25, 0.3) is 5.69 Å². The fraction of sp³-hybridized carbons (Fsp3) is 0.400. The van der Waals surface area contributed by atoms with Crippen LogP contribution in [0.5, 0.6) is 0 Å². The van der Waals surface area contributed by atoms with Crippen LogP contribution in [0.2, 0.25) is 5.02 Å². The van der Waals surface area contributed by atoms with Gasteiger partial charge in [0.05, 0.1) is 23.5 Å². The number of halogens is 1. The van der Waals surface area contributed by atoms with E-state index in [2.05, 4.69) is 40.5 Å². The number of benzene rings is 2. The van der Waals surface area contributed by atoms with E-state index < -0.39 is 0 Å². The molecule has 6 heteroatoms. The van der Waals surface area contributed by atoms with Crippen LogP contribution < -0.4 is 10.2 Å². The van der Waals surface area contributed by atoms with E-state index in [-0.39, 0.29) is 5.54 Å². The number of unbranched alkanes of at least 4 members (excludes halogenated alkanes) is 1. The smallest absolute Gasteiger partial charge is 0.0759 e. The van der Waals surface area contributed by atoms with E-state index in [1.165, 1.54) is 5.69 Å². The predicted molar refractivity (Wildman–Crippen MR) is 127 cm³/mol. The van der Waals surface area contributed by atoms with E-state index >= 15 is 0 Å². The van der Waals surface area contributed by atoms with Gasteiger partial charge in [0.1, 0.15) is 0 Å². The van der Waals surface area contributed by atoms with Crippen molar-refractivity contribution in [3.63, 3.8) is 0 Å². The van der Waals surface area contributed by atoms with Crippen molar-refractivity contribution in [3.8, 4) is 5.69 Å². The Morgan fingerprint density at radius 1 is 1.03 bits per heavy atom. The summed E-state index contributed by atoms with van der Waals surface area (Å²) < 4.78 is 7.66. The average Bonchev–Trinajstić information content (AvgIpc) is 3.28. The van der Waals surface area contributed by atoms with E-state index in [0.717, 1.165) is 61.7 Å². The fourth-order valence-corrected chi connectivity index (χ4v) is 4.67. The van der Waals surface area contributed by atoms with Gasteiger partial charge in [-0.1, -0.05) is 36.2 Å². The van der Waals surface area contributed by atoms with Crippen molar-refractivity contribution in [1.29, 1.82) is 0 Å². The van der Waals surface area contributed by atoms with Crippen LogP contribution >= 0.6 is 11.6 Å². The highest BCUT2D eigenvalue weighted by atomic mass is 35.5. The van der Waals surface area contributed by atoms with Gasteiger partial charge in [-0.05, 0) is 61.7 Å². The Labute approximate surface area is 190 Å². The average molecular weight is 439 g/mol. The number of nitrogens with one attached hydrogen (secondary N) is 1. The molecule has 0 bridgehead atoms. The summed E-state index contributed by atoms with van der Waals surface area (Å²) >= 11 is 6.12. The zero-order valence-corrected chi connectivity index (χ0v) is 18.9. The van der Waals surface area contributed by atoms with Crippen LogP contribution in [0.3, 0.4) is 0 Å². The Balaban J connectivity index is 1.38. The molecular weight excluding hydrogens is 408 g/mol. The first-order valence-corrected chi connectivity index (χ1v) is 11.4. The highest BCUT2D eigenvalue weighted by molar-refractivity contribution is 6.30. The number of ether oxygens (including phenoxy) is 1. The zero-order valence-electron chi connectivity index (χ0n) is 18.1. The second-order valence-electron chi connectivity index (χ2n) is 8.26. The van der Waals surface area contributed by atoms with Gasteiger partial charge in [-0.2, -0.15) is 5.10 Å². The molecule has 0 saturated carbocycles. The molecule has 164 valence electrons. The number of methoxy groups -OCH3 is 1. The Bertz CT molecular complexity index is 940.